The van der Waals surface area contributed by atoms with Crippen LogP contribution in [0.3, 0.4) is 0 Å². The average Bonchev–Trinajstić information content (AvgIpc) is 3.12. The summed E-state index contributed by atoms with van der Waals surface area (Å²) in [5, 5.41) is 7.54. The Kier molecular flexibility index (Phi) is 6.82. The number of hydrogen-bond donors (Lipinski definition) is 1. The molecule has 2 heterocycles. The lowest BCUT2D eigenvalue weighted by atomic mass is 10.1. The van der Waals surface area contributed by atoms with E-state index >= 15 is 0 Å². The summed E-state index contributed by atoms with van der Waals surface area (Å²) in [6, 6.07) is 20.7. The van der Waals surface area contributed by atoms with E-state index in [0.717, 1.165) is 43.6 Å². The van der Waals surface area contributed by atoms with Gasteiger partial charge in [0, 0.05) is 31.9 Å². The van der Waals surface area contributed by atoms with Crippen molar-refractivity contribution in [1.29, 1.82) is 0 Å². The largest absolute Gasteiger partial charge is 0.375 e. The molecule has 1 saturated heterocycles. The number of morpholine rings is 1. The topological polar surface area (TPSA) is 63.1 Å². The number of H-pyrrole nitrogens is 1. The van der Waals surface area contributed by atoms with Crippen molar-refractivity contribution in [3.8, 4) is 0 Å². The molecule has 0 saturated carbocycles. The summed E-state index contributed by atoms with van der Waals surface area (Å²) in [6.45, 7) is 4.13. The zero-order valence-corrected chi connectivity index (χ0v) is 17.2. The van der Waals surface area contributed by atoms with Crippen LogP contribution in [0.25, 0.3) is 0 Å². The number of aromatic amines is 1. The number of nitrogens with zero attached hydrogens (tertiary/aromatic N) is 3. The highest BCUT2D eigenvalue weighted by molar-refractivity contribution is 7.99. The van der Waals surface area contributed by atoms with E-state index in [1.165, 1.54) is 11.1 Å². The number of rotatable bonds is 8. The van der Waals surface area contributed by atoms with Gasteiger partial charge in [0.1, 0.15) is 0 Å². The van der Waals surface area contributed by atoms with Crippen LogP contribution in [0.15, 0.2) is 70.6 Å². The molecule has 2 aromatic carbocycles. The molecule has 6 nitrogen and oxygen atoms in total. The van der Waals surface area contributed by atoms with Crippen molar-refractivity contribution in [2.45, 2.75) is 30.8 Å². The van der Waals surface area contributed by atoms with Gasteiger partial charge in [0.05, 0.1) is 12.7 Å². The van der Waals surface area contributed by atoms with Gasteiger partial charge >= 0.3 is 5.69 Å². The van der Waals surface area contributed by atoms with E-state index in [0.29, 0.717) is 6.54 Å². The molecule has 0 amide bonds. The Balaban J connectivity index is 1.31. The fourth-order valence-electron chi connectivity index (χ4n) is 3.53. The second-order valence-corrected chi connectivity index (χ2v) is 8.21. The maximum atomic E-state index is 12.2. The summed E-state index contributed by atoms with van der Waals surface area (Å²) in [5.41, 5.74) is 2.38. The first-order valence-corrected chi connectivity index (χ1v) is 11.0. The first-order chi connectivity index (χ1) is 14.3. The third kappa shape index (κ3) is 5.59. The van der Waals surface area contributed by atoms with Crippen molar-refractivity contribution in [1.82, 2.24) is 19.7 Å². The summed E-state index contributed by atoms with van der Waals surface area (Å²) >= 11 is 1.59. The van der Waals surface area contributed by atoms with Crippen LogP contribution in [-0.2, 0) is 24.2 Å². The van der Waals surface area contributed by atoms with Crippen LogP contribution in [0.2, 0.25) is 0 Å². The van der Waals surface area contributed by atoms with Gasteiger partial charge in [-0.05, 0) is 17.5 Å². The number of ether oxygens (including phenoxy) is 1. The first-order valence-electron chi connectivity index (χ1n) is 9.98. The predicted octanol–water partition coefficient (Wildman–Crippen LogP) is 2.81. The van der Waals surface area contributed by atoms with E-state index in [1.807, 2.05) is 24.3 Å². The first kappa shape index (κ1) is 19.9. The third-order valence-electron chi connectivity index (χ3n) is 5.06. The summed E-state index contributed by atoms with van der Waals surface area (Å²) in [4.78, 5) is 14.6. The van der Waals surface area contributed by atoms with Gasteiger partial charge in [0.2, 0.25) is 0 Å². The lowest BCUT2D eigenvalue weighted by Crippen LogP contribution is -2.43. The number of benzene rings is 2. The summed E-state index contributed by atoms with van der Waals surface area (Å²) in [6.07, 6.45) is 0.936. The standard InChI is InChI=1S/C22H26N4O2S/c27-21-23-24-22(26(21)12-11-18-7-3-1-4-8-18)29-17-20-16-25(13-14-28-20)15-19-9-5-2-6-10-19/h1-10,20H,11-17H2,(H,23,27)/t20-/m0/s1. The van der Waals surface area contributed by atoms with Crippen molar-refractivity contribution in [3.05, 3.63) is 82.3 Å². The van der Waals surface area contributed by atoms with Crippen LogP contribution < -0.4 is 5.69 Å². The molecule has 1 aliphatic heterocycles. The molecule has 0 bridgehead atoms. The molecular weight excluding hydrogens is 384 g/mol. The van der Waals surface area contributed by atoms with Gasteiger partial charge in [0.15, 0.2) is 5.16 Å². The maximum Gasteiger partial charge on any atom is 0.343 e. The minimum atomic E-state index is -0.154. The second-order valence-electron chi connectivity index (χ2n) is 7.22. The fraction of sp³-hybridized carbons (Fsp3) is 0.364. The number of aromatic nitrogens is 3. The van der Waals surface area contributed by atoms with Crippen molar-refractivity contribution in [2.24, 2.45) is 0 Å². The van der Waals surface area contributed by atoms with Gasteiger partial charge < -0.3 is 4.74 Å². The monoisotopic (exact) mass is 410 g/mol. The van der Waals surface area contributed by atoms with E-state index in [4.69, 9.17) is 4.74 Å². The Labute approximate surface area is 174 Å². The normalized spacial score (nSPS) is 17.4. The predicted molar refractivity (Wildman–Crippen MR) is 115 cm³/mol. The number of nitrogens with one attached hydrogen (secondary N) is 1. The summed E-state index contributed by atoms with van der Waals surface area (Å²) < 4.78 is 7.68. The quantitative estimate of drug-likeness (QED) is 0.579. The maximum absolute atomic E-state index is 12.2. The Morgan fingerprint density at radius 1 is 1.07 bits per heavy atom. The van der Waals surface area contributed by atoms with Crippen LogP contribution in [0.4, 0.5) is 0 Å². The zero-order valence-electron chi connectivity index (χ0n) is 16.4. The average molecular weight is 411 g/mol. The SMILES string of the molecule is O=c1[nH]nc(SC[C@@H]2CN(Cc3ccccc3)CCO2)n1CCc1ccccc1. The smallest absolute Gasteiger partial charge is 0.343 e. The molecule has 3 aromatic rings. The Morgan fingerprint density at radius 2 is 1.79 bits per heavy atom. The van der Waals surface area contributed by atoms with Gasteiger partial charge in [-0.25, -0.2) is 9.89 Å². The molecule has 152 valence electrons. The molecule has 1 fully saturated rings. The van der Waals surface area contributed by atoms with Gasteiger partial charge in [-0.1, -0.05) is 72.4 Å². The van der Waals surface area contributed by atoms with Gasteiger partial charge in [-0.15, -0.1) is 5.10 Å². The highest BCUT2D eigenvalue weighted by atomic mass is 32.2. The van der Waals surface area contributed by atoms with Crippen molar-refractivity contribution in [2.75, 3.05) is 25.4 Å². The molecule has 1 aliphatic rings. The number of aryl methyl sites for hydroxylation is 1. The molecule has 7 heteroatoms. The fourth-order valence-corrected chi connectivity index (χ4v) is 4.51. The summed E-state index contributed by atoms with van der Waals surface area (Å²) in [5.74, 6) is 0.779. The third-order valence-corrected chi connectivity index (χ3v) is 6.17. The Morgan fingerprint density at radius 3 is 2.55 bits per heavy atom. The Hall–Kier alpha value is -2.35. The highest BCUT2D eigenvalue weighted by Gasteiger charge is 2.22. The molecule has 0 aliphatic carbocycles. The van der Waals surface area contributed by atoms with Crippen LogP contribution in [0, 0.1) is 0 Å². The minimum Gasteiger partial charge on any atom is -0.375 e. The van der Waals surface area contributed by atoms with Crippen LogP contribution in [0.5, 0.6) is 0 Å². The molecule has 0 unspecified atom stereocenters. The van der Waals surface area contributed by atoms with E-state index in [-0.39, 0.29) is 11.8 Å². The van der Waals surface area contributed by atoms with Gasteiger partial charge in [0.25, 0.3) is 0 Å². The molecule has 1 N–H and O–H groups in total. The second kappa shape index (κ2) is 9.91. The van der Waals surface area contributed by atoms with Crippen LogP contribution in [-0.4, -0.2) is 51.2 Å². The zero-order chi connectivity index (χ0) is 19.9. The van der Waals surface area contributed by atoms with Crippen LogP contribution in [0.1, 0.15) is 11.1 Å². The van der Waals surface area contributed by atoms with Crippen molar-refractivity contribution >= 4 is 11.8 Å². The molecular formula is C22H26N4O2S. The van der Waals surface area contributed by atoms with E-state index in [1.54, 1.807) is 16.3 Å². The lowest BCUT2D eigenvalue weighted by molar-refractivity contribution is -0.0187. The van der Waals surface area contributed by atoms with Gasteiger partial charge in [-0.2, -0.15) is 0 Å². The van der Waals surface area contributed by atoms with Crippen molar-refractivity contribution < 1.29 is 4.74 Å². The molecule has 0 spiro atoms. The number of hydrogen-bond acceptors (Lipinski definition) is 5. The summed E-state index contributed by atoms with van der Waals surface area (Å²) in [7, 11) is 0. The molecule has 4 rings (SSSR count). The molecule has 0 radical (unpaired) electrons. The van der Waals surface area contributed by atoms with E-state index < -0.39 is 0 Å². The molecule has 1 atom stereocenters. The van der Waals surface area contributed by atoms with Crippen LogP contribution >= 0.6 is 11.8 Å². The lowest BCUT2D eigenvalue weighted by Gasteiger charge is -2.32. The Bertz CT molecular complexity index is 942. The van der Waals surface area contributed by atoms with E-state index in [9.17, 15) is 4.79 Å². The number of thioether (sulfide) groups is 1. The molecule has 1 aromatic heterocycles. The minimum absolute atomic E-state index is 0.131. The van der Waals surface area contributed by atoms with Crippen molar-refractivity contribution in [3.63, 3.8) is 0 Å². The highest BCUT2D eigenvalue weighted by Crippen LogP contribution is 2.19. The van der Waals surface area contributed by atoms with Gasteiger partial charge in [-0.3, -0.25) is 9.47 Å². The van der Waals surface area contributed by atoms with E-state index in [2.05, 4.69) is 51.5 Å². The molecule has 29 heavy (non-hydrogen) atoms.